The number of nitrogens with zero attached hydrogens (tertiary/aromatic N) is 2. The second-order valence-corrected chi connectivity index (χ2v) is 7.98. The largest absolute Gasteiger partial charge is 0.481 e. The minimum Gasteiger partial charge on any atom is -0.481 e. The molecule has 0 unspecified atom stereocenters. The average molecular weight is 466 g/mol. The number of hydrogen-bond donors (Lipinski definition) is 3. The van der Waals surface area contributed by atoms with E-state index in [9.17, 15) is 18.0 Å². The number of anilines is 1. The minimum absolute atomic E-state index is 0.452. The summed E-state index contributed by atoms with van der Waals surface area (Å²) in [7, 11) is 0. The van der Waals surface area contributed by atoms with Crippen LogP contribution in [-0.2, 0) is 16.4 Å². The van der Waals surface area contributed by atoms with Crippen molar-refractivity contribution in [2.75, 3.05) is 5.73 Å². The summed E-state index contributed by atoms with van der Waals surface area (Å²) in [5.74, 6) is -0.966. The van der Waals surface area contributed by atoms with E-state index in [-0.39, 0.29) is 0 Å². The Morgan fingerprint density at radius 2 is 1.68 bits per heavy atom. The molecule has 34 heavy (non-hydrogen) atoms. The molecule has 0 saturated heterocycles. The van der Waals surface area contributed by atoms with Crippen molar-refractivity contribution in [2.24, 2.45) is 0 Å². The summed E-state index contributed by atoms with van der Waals surface area (Å²) < 4.78 is 36.8. The van der Waals surface area contributed by atoms with Crippen molar-refractivity contribution in [2.45, 2.75) is 24.4 Å². The first-order valence-electron chi connectivity index (χ1n) is 10.4. The number of alkyl halides is 3. The van der Waals surface area contributed by atoms with Crippen LogP contribution < -0.4 is 5.73 Å². The maximum absolute atomic E-state index is 12.3. The molecule has 1 saturated carbocycles. The molecular weight excluding hydrogens is 445 g/mol. The molecule has 2 aromatic carbocycles. The molecule has 9 heteroatoms. The van der Waals surface area contributed by atoms with Gasteiger partial charge in [-0.15, -0.1) is 0 Å². The van der Waals surface area contributed by atoms with Crippen molar-refractivity contribution < 1.29 is 23.1 Å². The van der Waals surface area contributed by atoms with E-state index in [1.54, 1.807) is 12.4 Å². The van der Waals surface area contributed by atoms with Crippen molar-refractivity contribution in [3.63, 3.8) is 0 Å². The summed E-state index contributed by atoms with van der Waals surface area (Å²) in [6, 6.07) is 16.0. The minimum atomic E-state index is -4.38. The lowest BCUT2D eigenvalue weighted by atomic mass is 9.95. The van der Waals surface area contributed by atoms with Gasteiger partial charge in [0, 0.05) is 29.2 Å². The summed E-state index contributed by atoms with van der Waals surface area (Å²) in [5, 5.41) is 16.1. The molecule has 4 aromatic rings. The number of benzene rings is 2. The summed E-state index contributed by atoms with van der Waals surface area (Å²) in [4.78, 5) is 15.0. The number of aromatic amines is 1. The third kappa shape index (κ3) is 4.78. The van der Waals surface area contributed by atoms with E-state index in [4.69, 9.17) is 10.8 Å². The number of hydrogen-bond acceptors (Lipinski definition) is 4. The van der Waals surface area contributed by atoms with Gasteiger partial charge in [0.2, 0.25) is 0 Å². The zero-order chi connectivity index (χ0) is 24.3. The Bertz CT molecular complexity index is 1280. The predicted molar refractivity (Wildman–Crippen MR) is 122 cm³/mol. The fourth-order valence-electron chi connectivity index (χ4n) is 3.68. The molecule has 0 radical (unpaired) electrons. The van der Waals surface area contributed by atoms with Gasteiger partial charge in [-0.25, -0.2) is 0 Å². The van der Waals surface area contributed by atoms with E-state index in [1.165, 1.54) is 12.1 Å². The average Bonchev–Trinajstić information content (AvgIpc) is 3.50. The first kappa shape index (κ1) is 23.0. The van der Waals surface area contributed by atoms with Gasteiger partial charge in [0.1, 0.15) is 0 Å². The Morgan fingerprint density at radius 1 is 1.00 bits per heavy atom. The number of carboxylic acid groups (broad SMARTS) is 1. The van der Waals surface area contributed by atoms with E-state index < -0.39 is 23.1 Å². The van der Waals surface area contributed by atoms with Gasteiger partial charge in [-0.05, 0) is 60.4 Å². The van der Waals surface area contributed by atoms with Crippen molar-refractivity contribution in [1.82, 2.24) is 15.2 Å². The van der Waals surface area contributed by atoms with Gasteiger partial charge in [0.15, 0.2) is 0 Å². The number of rotatable bonds is 4. The number of nitrogen functional groups attached to an aromatic ring is 1. The van der Waals surface area contributed by atoms with Crippen molar-refractivity contribution in [3.05, 3.63) is 90.4 Å². The zero-order valence-corrected chi connectivity index (χ0v) is 17.9. The van der Waals surface area contributed by atoms with Gasteiger partial charge in [-0.2, -0.15) is 18.3 Å². The molecule has 4 N–H and O–H groups in total. The Hall–Kier alpha value is -4.14. The molecule has 0 spiro atoms. The summed E-state index contributed by atoms with van der Waals surface area (Å²) >= 11 is 0. The van der Waals surface area contributed by atoms with E-state index >= 15 is 0 Å². The number of carbonyl (C=O) groups is 1. The zero-order valence-electron chi connectivity index (χ0n) is 17.9. The number of halogens is 3. The predicted octanol–water partition coefficient (Wildman–Crippen LogP) is 5.54. The first-order chi connectivity index (χ1) is 16.2. The monoisotopic (exact) mass is 466 g/mol. The molecule has 6 nitrogen and oxygen atoms in total. The molecule has 0 atom stereocenters. The number of aliphatic carboxylic acids is 1. The number of pyridine rings is 1. The molecule has 0 amide bonds. The summed E-state index contributed by atoms with van der Waals surface area (Å²) in [6.07, 6.45) is 1.96. The highest BCUT2D eigenvalue weighted by atomic mass is 19.4. The number of aromatic nitrogens is 3. The van der Waals surface area contributed by atoms with Gasteiger partial charge in [-0.3, -0.25) is 14.9 Å². The number of nitrogens with one attached hydrogen (secondary N) is 1. The van der Waals surface area contributed by atoms with Gasteiger partial charge < -0.3 is 10.8 Å². The van der Waals surface area contributed by atoms with Crippen LogP contribution in [-0.4, -0.2) is 26.3 Å². The molecule has 1 aliphatic carbocycles. The van der Waals surface area contributed by atoms with E-state index in [0.29, 0.717) is 18.4 Å². The van der Waals surface area contributed by atoms with Gasteiger partial charge >= 0.3 is 12.1 Å². The van der Waals surface area contributed by atoms with Crippen LogP contribution in [0, 0.1) is 0 Å². The Morgan fingerprint density at radius 3 is 2.24 bits per heavy atom. The normalized spacial score (nSPS) is 14.1. The molecule has 174 valence electrons. The lowest BCUT2D eigenvalue weighted by Crippen LogP contribution is -2.19. The van der Waals surface area contributed by atoms with Crippen LogP contribution in [0.5, 0.6) is 0 Å². The van der Waals surface area contributed by atoms with Crippen LogP contribution >= 0.6 is 0 Å². The molecule has 1 fully saturated rings. The number of H-pyrrole nitrogens is 1. The third-order valence-corrected chi connectivity index (χ3v) is 5.73. The molecule has 5 rings (SSSR count). The Labute approximate surface area is 193 Å². The van der Waals surface area contributed by atoms with Crippen LogP contribution in [0.25, 0.3) is 22.4 Å². The van der Waals surface area contributed by atoms with E-state index in [0.717, 1.165) is 40.2 Å². The van der Waals surface area contributed by atoms with Crippen molar-refractivity contribution in [3.8, 4) is 22.4 Å². The molecule has 0 aliphatic heterocycles. The van der Waals surface area contributed by atoms with Crippen LogP contribution in [0.1, 0.15) is 24.0 Å². The van der Waals surface area contributed by atoms with Crippen LogP contribution in [0.2, 0.25) is 0 Å². The van der Waals surface area contributed by atoms with E-state index in [2.05, 4.69) is 15.2 Å². The SMILES string of the molecule is Nc1cccc(-c2[nH]ncc2-c2ccncc2)c1.O=C(O)C1(c2ccc(C(F)(F)F)cc2)CC1. The maximum Gasteiger partial charge on any atom is 0.416 e. The quantitative estimate of drug-likeness (QED) is 0.343. The second-order valence-electron chi connectivity index (χ2n) is 7.98. The van der Waals surface area contributed by atoms with Crippen LogP contribution in [0.15, 0.2) is 79.3 Å². The lowest BCUT2D eigenvalue weighted by molar-refractivity contribution is -0.140. The molecular formula is C25H21F3N4O2. The van der Waals surface area contributed by atoms with Crippen LogP contribution in [0.4, 0.5) is 18.9 Å². The summed E-state index contributed by atoms with van der Waals surface area (Å²) in [6.45, 7) is 0. The standard InChI is InChI=1S/C14H12N4.C11H9F3O2/c15-12-3-1-2-11(8-12)14-13(9-17-18-14)10-4-6-16-7-5-10;12-11(13,14)8-3-1-7(2-4-8)10(5-6-10)9(15)16/h1-9H,15H2,(H,17,18);1-4H,5-6H2,(H,15,16). The van der Waals surface area contributed by atoms with E-state index in [1.807, 2.05) is 42.6 Å². The number of nitrogens with two attached hydrogens (primary N) is 1. The van der Waals surface area contributed by atoms with Gasteiger partial charge in [-0.1, -0.05) is 24.3 Å². The highest BCUT2D eigenvalue weighted by Crippen LogP contribution is 2.48. The Balaban J connectivity index is 0.000000162. The van der Waals surface area contributed by atoms with Crippen molar-refractivity contribution >= 4 is 11.7 Å². The smallest absolute Gasteiger partial charge is 0.416 e. The first-order valence-corrected chi connectivity index (χ1v) is 10.4. The van der Waals surface area contributed by atoms with Gasteiger partial charge in [0.05, 0.1) is 22.9 Å². The lowest BCUT2D eigenvalue weighted by Gasteiger charge is -2.12. The maximum atomic E-state index is 12.3. The second kappa shape index (κ2) is 9.01. The summed E-state index contributed by atoms with van der Waals surface area (Å²) in [5.41, 5.74) is 9.42. The van der Waals surface area contributed by atoms with Crippen molar-refractivity contribution in [1.29, 1.82) is 0 Å². The number of carboxylic acids is 1. The Kier molecular flexibility index (Phi) is 6.10. The highest BCUT2D eigenvalue weighted by molar-refractivity contribution is 5.85. The molecule has 2 heterocycles. The van der Waals surface area contributed by atoms with Crippen LogP contribution in [0.3, 0.4) is 0 Å². The molecule has 1 aliphatic rings. The highest BCUT2D eigenvalue weighted by Gasteiger charge is 2.51. The van der Waals surface area contributed by atoms with Gasteiger partial charge in [0.25, 0.3) is 0 Å². The molecule has 0 bridgehead atoms. The fraction of sp³-hybridized carbons (Fsp3) is 0.160. The fourth-order valence-corrected chi connectivity index (χ4v) is 3.68. The topological polar surface area (TPSA) is 105 Å². The third-order valence-electron chi connectivity index (χ3n) is 5.73. The molecule has 2 aromatic heterocycles.